The summed E-state index contributed by atoms with van der Waals surface area (Å²) in [4.78, 5) is 20.1. The Morgan fingerprint density at radius 2 is 1.94 bits per heavy atom. The molecule has 2 aliphatic heterocycles. The maximum Gasteiger partial charge on any atom is 0.250 e. The van der Waals surface area contributed by atoms with Gasteiger partial charge in [-0.25, -0.2) is 18.4 Å². The molecule has 11 nitrogen and oxygen atoms in total. The van der Waals surface area contributed by atoms with Crippen molar-refractivity contribution in [1.29, 1.82) is 0 Å². The summed E-state index contributed by atoms with van der Waals surface area (Å²) in [5.41, 5.74) is 5.67. The van der Waals surface area contributed by atoms with Gasteiger partial charge in [0, 0.05) is 48.4 Å². The number of anilines is 1. The number of hydrogen-bond donors (Lipinski definition) is 1. The summed E-state index contributed by atoms with van der Waals surface area (Å²) < 4.78 is 40.8. The fraction of sp³-hybridized carbons (Fsp3) is 0.471. The van der Waals surface area contributed by atoms with Crippen LogP contribution in [-0.2, 0) is 27.4 Å². The minimum absolute atomic E-state index is 0.0261. The van der Waals surface area contributed by atoms with Gasteiger partial charge in [-0.3, -0.25) is 9.97 Å². The van der Waals surface area contributed by atoms with Gasteiger partial charge in [0.05, 0.1) is 43.9 Å². The minimum Gasteiger partial charge on any atom is -0.421 e. The van der Waals surface area contributed by atoms with E-state index < -0.39 is 9.84 Å². The van der Waals surface area contributed by atoms with Gasteiger partial charge in [-0.2, -0.15) is 0 Å². The van der Waals surface area contributed by atoms with Crippen molar-refractivity contribution in [3.8, 4) is 21.9 Å². The lowest BCUT2D eigenvalue weighted by Crippen LogP contribution is -2.17. The molecule has 0 spiro atoms. The van der Waals surface area contributed by atoms with Crippen LogP contribution in [0.5, 0.6) is 0 Å². The zero-order chi connectivity index (χ0) is 32.3. The molecule has 2 atom stereocenters. The van der Waals surface area contributed by atoms with Gasteiger partial charge in [-0.05, 0) is 68.1 Å². The molecule has 0 saturated carbocycles. The fourth-order valence-corrected chi connectivity index (χ4v) is 10.7. The first-order valence-electron chi connectivity index (χ1n) is 16.4. The van der Waals surface area contributed by atoms with E-state index in [1.165, 1.54) is 16.9 Å². The van der Waals surface area contributed by atoms with E-state index in [-0.39, 0.29) is 34.4 Å². The Labute approximate surface area is 277 Å². The average molecular weight is 672 g/mol. The maximum atomic E-state index is 14.1. The molecule has 1 saturated heterocycles. The van der Waals surface area contributed by atoms with Gasteiger partial charge in [0.15, 0.2) is 9.84 Å². The molecule has 3 aliphatic rings. The Bertz CT molecular complexity index is 2090. The van der Waals surface area contributed by atoms with Crippen LogP contribution in [-0.4, -0.2) is 57.5 Å². The molecular formula is C34H37N7O4S2. The number of nitrogens with zero attached hydrogens (tertiary/aromatic N) is 6. The molecule has 7 heterocycles. The molecule has 1 aliphatic carbocycles. The predicted octanol–water partition coefficient (Wildman–Crippen LogP) is 6.49. The quantitative estimate of drug-likeness (QED) is 0.193. The van der Waals surface area contributed by atoms with Crippen LogP contribution in [0.25, 0.3) is 32.1 Å². The van der Waals surface area contributed by atoms with E-state index >= 15 is 0 Å². The first-order valence-corrected chi connectivity index (χ1v) is 18.9. The number of thiophene rings is 1. The monoisotopic (exact) mass is 671 g/mol. The van der Waals surface area contributed by atoms with Crippen molar-refractivity contribution >= 4 is 37.2 Å². The first kappa shape index (κ1) is 30.5. The highest BCUT2D eigenvalue weighted by molar-refractivity contribution is 7.92. The number of hydrogen-bond acceptors (Lipinski definition) is 12. The SMILES string of the molecule is Cc1nnc(-c2c(CCC3CCOCC3)nc3c(c2-c2cc4ncnc(N[C@@H]5CCc6ncccc65)c4s2)S(=O)(=O)CC3C(C)C)o1. The van der Waals surface area contributed by atoms with Crippen molar-refractivity contribution < 1.29 is 17.6 Å². The van der Waals surface area contributed by atoms with Crippen LogP contribution in [0.1, 0.15) is 80.0 Å². The molecule has 1 fully saturated rings. The third-order valence-electron chi connectivity index (χ3n) is 9.83. The summed E-state index contributed by atoms with van der Waals surface area (Å²) in [6.45, 7) is 7.40. The van der Waals surface area contributed by atoms with E-state index in [0.717, 1.165) is 77.6 Å². The number of fused-ring (bicyclic) bond motifs is 3. The number of aromatic nitrogens is 6. The second-order valence-corrected chi connectivity index (χ2v) is 16.2. The van der Waals surface area contributed by atoms with Gasteiger partial charge in [0.2, 0.25) is 11.8 Å². The third-order valence-corrected chi connectivity index (χ3v) is 12.8. The zero-order valence-electron chi connectivity index (χ0n) is 26.7. The minimum atomic E-state index is -3.67. The Balaban J connectivity index is 1.31. The lowest BCUT2D eigenvalue weighted by molar-refractivity contribution is 0.0639. The van der Waals surface area contributed by atoms with Gasteiger partial charge in [0.25, 0.3) is 0 Å². The second-order valence-electron chi connectivity index (χ2n) is 13.2. The van der Waals surface area contributed by atoms with Crippen LogP contribution in [0.15, 0.2) is 40.0 Å². The highest BCUT2D eigenvalue weighted by atomic mass is 32.2. The summed E-state index contributed by atoms with van der Waals surface area (Å²) in [5, 5.41) is 12.2. The van der Waals surface area contributed by atoms with Crippen molar-refractivity contribution in [2.75, 3.05) is 24.3 Å². The molecule has 13 heteroatoms. The number of nitrogens with one attached hydrogen (secondary N) is 1. The second kappa shape index (κ2) is 12.0. The first-order chi connectivity index (χ1) is 22.8. The van der Waals surface area contributed by atoms with Crippen LogP contribution in [0.3, 0.4) is 0 Å². The van der Waals surface area contributed by atoms with Crippen LogP contribution >= 0.6 is 11.3 Å². The lowest BCUT2D eigenvalue weighted by Gasteiger charge is -2.23. The van der Waals surface area contributed by atoms with E-state index in [1.807, 2.05) is 18.3 Å². The number of rotatable bonds is 8. The van der Waals surface area contributed by atoms with Crippen molar-refractivity contribution in [2.45, 2.75) is 76.2 Å². The highest BCUT2D eigenvalue weighted by Gasteiger charge is 2.43. The van der Waals surface area contributed by atoms with Crippen LogP contribution in [0, 0.1) is 18.8 Å². The smallest absolute Gasteiger partial charge is 0.250 e. The van der Waals surface area contributed by atoms with Gasteiger partial charge in [-0.15, -0.1) is 21.5 Å². The number of aryl methyl sites for hydroxylation is 3. The Kier molecular flexibility index (Phi) is 7.80. The molecule has 47 heavy (non-hydrogen) atoms. The van der Waals surface area contributed by atoms with Crippen molar-refractivity contribution in [3.63, 3.8) is 0 Å². The van der Waals surface area contributed by atoms with E-state index in [1.54, 1.807) is 13.3 Å². The van der Waals surface area contributed by atoms with Crippen LogP contribution in [0.4, 0.5) is 5.82 Å². The number of pyridine rings is 2. The molecule has 0 aromatic carbocycles. The van der Waals surface area contributed by atoms with E-state index in [9.17, 15) is 8.42 Å². The van der Waals surface area contributed by atoms with Gasteiger partial charge in [0.1, 0.15) is 12.1 Å². The molecule has 1 unspecified atom stereocenters. The summed E-state index contributed by atoms with van der Waals surface area (Å²) in [7, 11) is -3.67. The summed E-state index contributed by atoms with van der Waals surface area (Å²) >= 11 is 1.49. The highest BCUT2D eigenvalue weighted by Crippen LogP contribution is 2.51. The number of sulfone groups is 1. The topological polar surface area (TPSA) is 146 Å². The summed E-state index contributed by atoms with van der Waals surface area (Å²) in [5.74, 6) is 1.83. The Morgan fingerprint density at radius 3 is 2.72 bits per heavy atom. The summed E-state index contributed by atoms with van der Waals surface area (Å²) in [6.07, 6.45) is 8.80. The van der Waals surface area contributed by atoms with Crippen molar-refractivity contribution in [1.82, 2.24) is 30.1 Å². The lowest BCUT2D eigenvalue weighted by atomic mass is 9.89. The molecule has 5 aromatic heterocycles. The van der Waals surface area contributed by atoms with Crippen LogP contribution in [0.2, 0.25) is 0 Å². The third kappa shape index (κ3) is 5.51. The zero-order valence-corrected chi connectivity index (χ0v) is 28.3. The largest absolute Gasteiger partial charge is 0.421 e. The molecule has 244 valence electrons. The molecule has 0 radical (unpaired) electrons. The Morgan fingerprint density at radius 1 is 1.09 bits per heavy atom. The van der Waals surface area contributed by atoms with Gasteiger partial charge < -0.3 is 14.5 Å². The van der Waals surface area contributed by atoms with E-state index in [0.29, 0.717) is 35.1 Å². The molecule has 0 amide bonds. The fourth-order valence-electron chi connectivity index (χ4n) is 7.34. The molecule has 1 N–H and O–H groups in total. The average Bonchev–Trinajstić information content (AvgIpc) is 3.85. The standard InChI is InChI=1S/C34H37N7O4S2/c1-18(2)22-16-47(42,43)32-29(28(34-41-40-19(3)45-34)25(38-30(22)32)7-6-20-10-13-44-14-11-20)27-15-26-31(46-27)33(37-17-36-26)39-24-9-8-23-21(24)5-4-12-35-23/h4-5,12,15,17-18,20,22,24H,6-11,13-14,16H2,1-3H3,(H,36,37,39)/t22?,24-/m1/s1. The van der Waals surface area contributed by atoms with E-state index in [2.05, 4.69) is 50.4 Å². The van der Waals surface area contributed by atoms with Crippen molar-refractivity contribution in [2.24, 2.45) is 11.8 Å². The van der Waals surface area contributed by atoms with Gasteiger partial charge in [-0.1, -0.05) is 19.9 Å². The summed E-state index contributed by atoms with van der Waals surface area (Å²) in [6, 6.07) is 6.13. The number of ether oxygens (including phenoxy) is 1. The molecule has 5 aromatic rings. The van der Waals surface area contributed by atoms with Gasteiger partial charge >= 0.3 is 0 Å². The normalized spacial score (nSPS) is 20.6. The molecular weight excluding hydrogens is 635 g/mol. The molecule has 0 bridgehead atoms. The molecule has 8 rings (SSSR count). The van der Waals surface area contributed by atoms with Crippen molar-refractivity contribution in [3.05, 3.63) is 59.3 Å². The van der Waals surface area contributed by atoms with E-state index in [4.69, 9.17) is 14.1 Å². The maximum absolute atomic E-state index is 14.1. The Hall–Kier alpha value is -3.81. The predicted molar refractivity (Wildman–Crippen MR) is 179 cm³/mol. The van der Waals surface area contributed by atoms with Crippen LogP contribution < -0.4 is 5.32 Å².